The summed E-state index contributed by atoms with van der Waals surface area (Å²) in [7, 11) is 0. The van der Waals surface area contributed by atoms with E-state index in [9.17, 15) is 0 Å². The average molecular weight is 251 g/mol. The van der Waals surface area contributed by atoms with E-state index < -0.39 is 0 Å². The van der Waals surface area contributed by atoms with Crippen LogP contribution in [-0.4, -0.2) is 16.0 Å². The summed E-state index contributed by atoms with van der Waals surface area (Å²) in [4.78, 5) is 7.69. The lowest BCUT2D eigenvalue weighted by atomic mass is 9.95. The van der Waals surface area contributed by atoms with Crippen molar-refractivity contribution >= 4 is 18.0 Å². The third-order valence-electron chi connectivity index (χ3n) is 3.27. The number of anilines is 1. The Morgan fingerprint density at radius 1 is 1.35 bits per heavy atom. The fourth-order valence-corrected chi connectivity index (χ4v) is 2.51. The summed E-state index contributed by atoms with van der Waals surface area (Å²) in [5.74, 6) is 2.38. The normalized spacial score (nSPS) is 17.4. The Hall–Kier alpha value is -0.900. The summed E-state index contributed by atoms with van der Waals surface area (Å²) in [5, 5.41) is 3.55. The highest BCUT2D eigenvalue weighted by atomic mass is 32.1. The second kappa shape index (κ2) is 5.63. The van der Waals surface area contributed by atoms with E-state index in [0.29, 0.717) is 16.6 Å². The van der Waals surface area contributed by atoms with Gasteiger partial charge in [0.05, 0.1) is 0 Å². The molecule has 2 rings (SSSR count). The van der Waals surface area contributed by atoms with Crippen LogP contribution in [0.2, 0.25) is 0 Å². The number of aromatic amines is 1. The van der Waals surface area contributed by atoms with Gasteiger partial charge in [-0.25, -0.2) is 4.98 Å². The minimum Gasteiger partial charge on any atom is -0.369 e. The molecule has 0 spiro atoms. The topological polar surface area (TPSA) is 40.7 Å². The monoisotopic (exact) mass is 251 g/mol. The SMILES string of the molecule is CC(C)c1nc(=S)cc(NC2CCCCC2)[nH]1. The molecule has 0 saturated heterocycles. The van der Waals surface area contributed by atoms with Crippen LogP contribution >= 0.6 is 12.2 Å². The average Bonchev–Trinajstić information content (AvgIpc) is 2.29. The number of nitrogens with zero attached hydrogens (tertiary/aromatic N) is 1. The molecule has 3 nitrogen and oxygen atoms in total. The van der Waals surface area contributed by atoms with Crippen LogP contribution in [0.15, 0.2) is 6.07 Å². The van der Waals surface area contributed by atoms with E-state index in [2.05, 4.69) is 29.1 Å². The van der Waals surface area contributed by atoms with Crippen molar-refractivity contribution in [2.45, 2.75) is 57.9 Å². The zero-order valence-electron chi connectivity index (χ0n) is 10.6. The highest BCUT2D eigenvalue weighted by Crippen LogP contribution is 2.21. The quantitative estimate of drug-likeness (QED) is 0.798. The molecule has 0 aromatic carbocycles. The van der Waals surface area contributed by atoms with E-state index in [1.54, 1.807) is 0 Å². The molecule has 94 valence electrons. The van der Waals surface area contributed by atoms with Crippen molar-refractivity contribution in [3.63, 3.8) is 0 Å². The summed E-state index contributed by atoms with van der Waals surface area (Å²) < 4.78 is 0.672. The van der Waals surface area contributed by atoms with Gasteiger partial charge in [0, 0.05) is 18.0 Å². The highest BCUT2D eigenvalue weighted by Gasteiger charge is 2.13. The zero-order valence-corrected chi connectivity index (χ0v) is 11.4. The van der Waals surface area contributed by atoms with E-state index in [1.165, 1.54) is 32.1 Å². The van der Waals surface area contributed by atoms with Crippen molar-refractivity contribution in [1.29, 1.82) is 0 Å². The first-order valence-electron chi connectivity index (χ1n) is 6.53. The van der Waals surface area contributed by atoms with Crippen LogP contribution in [0.4, 0.5) is 5.82 Å². The smallest absolute Gasteiger partial charge is 0.131 e. The molecule has 1 aromatic rings. The third-order valence-corrected chi connectivity index (χ3v) is 3.48. The number of hydrogen-bond acceptors (Lipinski definition) is 3. The minimum atomic E-state index is 0.379. The Morgan fingerprint density at radius 2 is 2.06 bits per heavy atom. The first-order chi connectivity index (χ1) is 8.15. The Bertz CT molecular complexity index is 419. The van der Waals surface area contributed by atoms with Crippen molar-refractivity contribution in [2.24, 2.45) is 0 Å². The van der Waals surface area contributed by atoms with E-state index >= 15 is 0 Å². The van der Waals surface area contributed by atoms with Gasteiger partial charge < -0.3 is 10.3 Å². The Labute approximate surface area is 108 Å². The molecule has 1 aliphatic rings. The van der Waals surface area contributed by atoms with Gasteiger partial charge >= 0.3 is 0 Å². The summed E-state index contributed by atoms with van der Waals surface area (Å²) in [6.07, 6.45) is 6.57. The van der Waals surface area contributed by atoms with E-state index in [4.69, 9.17) is 12.2 Å². The van der Waals surface area contributed by atoms with Gasteiger partial charge in [-0.1, -0.05) is 45.3 Å². The second-order valence-electron chi connectivity index (χ2n) is 5.15. The molecule has 0 aliphatic heterocycles. The van der Waals surface area contributed by atoms with Gasteiger partial charge in [-0.15, -0.1) is 0 Å². The molecule has 0 atom stereocenters. The Balaban J connectivity index is 2.11. The van der Waals surface area contributed by atoms with Crippen molar-refractivity contribution in [3.8, 4) is 0 Å². The summed E-state index contributed by atoms with van der Waals surface area (Å²) >= 11 is 5.20. The molecule has 0 bridgehead atoms. The van der Waals surface area contributed by atoms with Gasteiger partial charge in [-0.3, -0.25) is 0 Å². The first kappa shape index (κ1) is 12.6. The number of hydrogen-bond donors (Lipinski definition) is 2. The lowest BCUT2D eigenvalue weighted by Crippen LogP contribution is -2.23. The highest BCUT2D eigenvalue weighted by molar-refractivity contribution is 7.71. The number of nitrogens with one attached hydrogen (secondary N) is 2. The van der Waals surface area contributed by atoms with E-state index in [0.717, 1.165) is 11.6 Å². The fraction of sp³-hybridized carbons (Fsp3) is 0.692. The lowest BCUT2D eigenvalue weighted by Gasteiger charge is -2.24. The van der Waals surface area contributed by atoms with Crippen LogP contribution in [0.25, 0.3) is 0 Å². The standard InChI is InChI=1S/C13H21N3S/c1-9(2)13-15-11(8-12(17)16-13)14-10-6-4-3-5-7-10/h8-10H,3-7H2,1-2H3,(H2,14,15,16,17). The maximum Gasteiger partial charge on any atom is 0.131 e. The first-order valence-corrected chi connectivity index (χ1v) is 6.94. The van der Waals surface area contributed by atoms with Crippen LogP contribution in [0, 0.1) is 4.64 Å². The van der Waals surface area contributed by atoms with Crippen molar-refractivity contribution in [2.75, 3.05) is 5.32 Å². The molecule has 0 radical (unpaired) electrons. The van der Waals surface area contributed by atoms with Crippen molar-refractivity contribution in [3.05, 3.63) is 16.5 Å². The number of rotatable bonds is 3. The zero-order chi connectivity index (χ0) is 12.3. The molecular formula is C13H21N3S. The largest absolute Gasteiger partial charge is 0.369 e. The summed E-state index contributed by atoms with van der Waals surface area (Å²) in [6.45, 7) is 4.25. The Kier molecular flexibility index (Phi) is 4.15. The number of H-pyrrole nitrogens is 1. The van der Waals surface area contributed by atoms with Crippen LogP contribution in [-0.2, 0) is 0 Å². The molecule has 1 saturated carbocycles. The minimum absolute atomic E-state index is 0.379. The second-order valence-corrected chi connectivity index (χ2v) is 5.57. The lowest BCUT2D eigenvalue weighted by molar-refractivity contribution is 0.461. The predicted octanol–water partition coefficient (Wildman–Crippen LogP) is 4.01. The molecule has 4 heteroatoms. The molecule has 2 N–H and O–H groups in total. The molecule has 1 aromatic heterocycles. The fourth-order valence-electron chi connectivity index (χ4n) is 2.29. The summed E-state index contributed by atoms with van der Waals surface area (Å²) in [5.41, 5.74) is 0. The van der Waals surface area contributed by atoms with Crippen LogP contribution in [0.3, 0.4) is 0 Å². The van der Waals surface area contributed by atoms with Crippen LogP contribution in [0.1, 0.15) is 57.7 Å². The van der Waals surface area contributed by atoms with Gasteiger partial charge in [0.1, 0.15) is 16.3 Å². The molecule has 0 amide bonds. The molecular weight excluding hydrogens is 230 g/mol. The molecule has 1 fully saturated rings. The van der Waals surface area contributed by atoms with Crippen LogP contribution in [0.5, 0.6) is 0 Å². The maximum atomic E-state index is 5.20. The van der Waals surface area contributed by atoms with Crippen molar-refractivity contribution < 1.29 is 0 Å². The van der Waals surface area contributed by atoms with Crippen LogP contribution < -0.4 is 5.32 Å². The van der Waals surface area contributed by atoms with Gasteiger partial charge in [0.25, 0.3) is 0 Å². The summed E-state index contributed by atoms with van der Waals surface area (Å²) in [6, 6.07) is 2.52. The molecule has 17 heavy (non-hydrogen) atoms. The predicted molar refractivity (Wildman–Crippen MR) is 74.0 cm³/mol. The van der Waals surface area contributed by atoms with Gasteiger partial charge in [-0.05, 0) is 12.8 Å². The Morgan fingerprint density at radius 3 is 2.71 bits per heavy atom. The van der Waals surface area contributed by atoms with Crippen molar-refractivity contribution in [1.82, 2.24) is 9.97 Å². The molecule has 1 aliphatic carbocycles. The van der Waals surface area contributed by atoms with Gasteiger partial charge in [0.2, 0.25) is 0 Å². The maximum absolute atomic E-state index is 5.20. The van der Waals surface area contributed by atoms with Gasteiger partial charge in [0.15, 0.2) is 0 Å². The molecule has 0 unspecified atom stereocenters. The number of aromatic nitrogens is 2. The molecule has 1 heterocycles. The third kappa shape index (κ3) is 3.53. The van der Waals surface area contributed by atoms with Gasteiger partial charge in [-0.2, -0.15) is 0 Å². The van der Waals surface area contributed by atoms with E-state index in [-0.39, 0.29) is 0 Å². The van der Waals surface area contributed by atoms with E-state index in [1.807, 2.05) is 6.07 Å².